The molecule has 2 amide bonds. The Hall–Kier alpha value is -3.20. The molecule has 9 heteroatoms. The third-order valence-corrected chi connectivity index (χ3v) is 5.67. The van der Waals surface area contributed by atoms with Gasteiger partial charge in [0.05, 0.1) is 12.0 Å². The molecule has 2 aromatic rings. The van der Waals surface area contributed by atoms with Gasteiger partial charge in [-0.15, -0.1) is 0 Å². The molecule has 0 atom stereocenters. The Labute approximate surface area is 171 Å². The lowest BCUT2D eigenvalue weighted by molar-refractivity contribution is -0.143. The van der Waals surface area contributed by atoms with Gasteiger partial charge in [0.2, 0.25) is 6.79 Å². The maximum atomic E-state index is 12.5. The lowest BCUT2D eigenvalue weighted by Gasteiger charge is -2.10. The third kappa shape index (κ3) is 3.38. The summed E-state index contributed by atoms with van der Waals surface area (Å²) in [5.41, 5.74) is 3.58. The summed E-state index contributed by atoms with van der Waals surface area (Å²) in [7, 11) is 1.21. The van der Waals surface area contributed by atoms with Crippen molar-refractivity contribution in [2.75, 3.05) is 20.4 Å². The Morgan fingerprint density at radius 2 is 1.97 bits per heavy atom. The Balaban J connectivity index is 1.66. The van der Waals surface area contributed by atoms with E-state index in [4.69, 9.17) is 9.47 Å². The number of thioether (sulfide) groups is 1. The van der Waals surface area contributed by atoms with E-state index in [0.29, 0.717) is 11.5 Å². The average Bonchev–Trinajstić information content (AvgIpc) is 3.34. The minimum absolute atomic E-state index is 0.204. The average molecular weight is 414 g/mol. The van der Waals surface area contributed by atoms with Crippen molar-refractivity contribution in [1.29, 1.82) is 0 Å². The van der Waals surface area contributed by atoms with E-state index in [1.54, 1.807) is 6.08 Å². The second-order valence-corrected chi connectivity index (χ2v) is 7.54. The molecule has 4 rings (SSSR count). The van der Waals surface area contributed by atoms with Crippen LogP contribution in [0.4, 0.5) is 4.79 Å². The molecule has 8 nitrogen and oxygen atoms in total. The van der Waals surface area contributed by atoms with Crippen LogP contribution in [0.3, 0.4) is 0 Å². The number of aryl methyl sites for hydroxylation is 1. The van der Waals surface area contributed by atoms with Crippen LogP contribution in [0.2, 0.25) is 0 Å². The van der Waals surface area contributed by atoms with E-state index in [1.807, 2.05) is 42.7 Å². The zero-order valence-electron chi connectivity index (χ0n) is 16.1. The Kier molecular flexibility index (Phi) is 4.83. The highest BCUT2D eigenvalue weighted by Gasteiger charge is 2.36. The molecule has 3 heterocycles. The predicted octanol–water partition coefficient (Wildman–Crippen LogP) is 3.03. The number of rotatable bonds is 4. The first kappa shape index (κ1) is 19.1. The monoisotopic (exact) mass is 414 g/mol. The summed E-state index contributed by atoms with van der Waals surface area (Å²) in [5, 5.41) is -0.490. The van der Waals surface area contributed by atoms with Crippen molar-refractivity contribution in [3.05, 3.63) is 46.1 Å². The molecule has 1 aromatic carbocycles. The van der Waals surface area contributed by atoms with Gasteiger partial charge in [0.1, 0.15) is 6.54 Å². The first-order chi connectivity index (χ1) is 13.9. The van der Waals surface area contributed by atoms with Gasteiger partial charge >= 0.3 is 5.97 Å². The molecule has 150 valence electrons. The van der Waals surface area contributed by atoms with Crippen LogP contribution >= 0.6 is 11.8 Å². The number of amides is 2. The molecule has 2 aliphatic rings. The molecule has 0 bridgehead atoms. The highest BCUT2D eigenvalue weighted by atomic mass is 32.2. The molecule has 29 heavy (non-hydrogen) atoms. The number of methoxy groups -OCH3 is 1. The van der Waals surface area contributed by atoms with E-state index in [-0.39, 0.29) is 11.7 Å². The van der Waals surface area contributed by atoms with Gasteiger partial charge in [0.15, 0.2) is 11.5 Å². The number of fused-ring (bicyclic) bond motifs is 1. The number of carbonyl (C=O) groups excluding carboxylic acids is 3. The molecule has 0 spiro atoms. The molecular weight excluding hydrogens is 396 g/mol. The van der Waals surface area contributed by atoms with Crippen molar-refractivity contribution in [3.8, 4) is 17.2 Å². The van der Waals surface area contributed by atoms with Gasteiger partial charge in [0.25, 0.3) is 11.1 Å². The van der Waals surface area contributed by atoms with Gasteiger partial charge < -0.3 is 18.8 Å². The molecule has 1 saturated heterocycles. The fraction of sp³-hybridized carbons (Fsp3) is 0.250. The Morgan fingerprint density at radius 3 is 2.72 bits per heavy atom. The first-order valence-electron chi connectivity index (χ1n) is 8.80. The van der Waals surface area contributed by atoms with Gasteiger partial charge in [-0.25, -0.2) is 0 Å². The molecule has 0 unspecified atom stereocenters. The van der Waals surface area contributed by atoms with E-state index in [9.17, 15) is 14.4 Å². The molecule has 0 aliphatic carbocycles. The number of imide groups is 1. The number of hydrogen-bond acceptors (Lipinski definition) is 7. The number of ether oxygens (including phenoxy) is 3. The highest BCUT2D eigenvalue weighted by Crippen LogP contribution is 2.36. The van der Waals surface area contributed by atoms with Crippen LogP contribution in [0.5, 0.6) is 11.5 Å². The van der Waals surface area contributed by atoms with E-state index in [2.05, 4.69) is 4.74 Å². The van der Waals surface area contributed by atoms with Crippen molar-refractivity contribution in [1.82, 2.24) is 9.47 Å². The minimum Gasteiger partial charge on any atom is -0.468 e. The molecule has 1 fully saturated rings. The van der Waals surface area contributed by atoms with Gasteiger partial charge in [-0.2, -0.15) is 0 Å². The van der Waals surface area contributed by atoms with E-state index < -0.39 is 23.7 Å². The highest BCUT2D eigenvalue weighted by molar-refractivity contribution is 8.18. The number of carbonyl (C=O) groups is 3. The number of aromatic nitrogens is 1. The first-order valence-corrected chi connectivity index (χ1v) is 9.62. The zero-order chi connectivity index (χ0) is 20.7. The van der Waals surface area contributed by atoms with Gasteiger partial charge in [0, 0.05) is 23.1 Å². The fourth-order valence-electron chi connectivity index (χ4n) is 3.33. The summed E-state index contributed by atoms with van der Waals surface area (Å²) < 4.78 is 17.4. The standard InChI is InChI=1S/C20H18N2O6S/c1-11-6-13(7-17-19(24)21(20(25)29-17)9-18(23)26-3)12(2)22(11)14-4-5-15-16(8-14)28-10-27-15/h4-8H,9-10H2,1-3H3. The summed E-state index contributed by atoms with van der Waals surface area (Å²) in [6.45, 7) is 3.70. The Morgan fingerprint density at radius 1 is 1.21 bits per heavy atom. The molecular formula is C20H18N2O6S. The van der Waals surface area contributed by atoms with Crippen LogP contribution in [-0.2, 0) is 14.3 Å². The second-order valence-electron chi connectivity index (χ2n) is 6.54. The van der Waals surface area contributed by atoms with E-state index >= 15 is 0 Å². The van der Waals surface area contributed by atoms with Crippen molar-refractivity contribution in [2.45, 2.75) is 13.8 Å². The molecule has 0 N–H and O–H groups in total. The van der Waals surface area contributed by atoms with Gasteiger partial charge in [-0.3, -0.25) is 19.3 Å². The van der Waals surface area contributed by atoms with Crippen LogP contribution in [0.1, 0.15) is 17.0 Å². The van der Waals surface area contributed by atoms with Crippen LogP contribution in [0, 0.1) is 13.8 Å². The fourth-order valence-corrected chi connectivity index (χ4v) is 4.16. The summed E-state index contributed by atoms with van der Waals surface area (Å²) in [6.07, 6.45) is 1.67. The predicted molar refractivity (Wildman–Crippen MR) is 106 cm³/mol. The molecule has 0 saturated carbocycles. The van der Waals surface area contributed by atoms with Crippen LogP contribution < -0.4 is 9.47 Å². The third-order valence-electron chi connectivity index (χ3n) is 4.76. The van der Waals surface area contributed by atoms with Crippen molar-refractivity contribution >= 4 is 35.0 Å². The maximum absolute atomic E-state index is 12.5. The summed E-state index contributed by atoms with van der Waals surface area (Å²) in [4.78, 5) is 37.3. The zero-order valence-corrected chi connectivity index (χ0v) is 16.9. The van der Waals surface area contributed by atoms with Crippen molar-refractivity contribution in [2.24, 2.45) is 0 Å². The molecule has 2 aliphatic heterocycles. The maximum Gasteiger partial charge on any atom is 0.325 e. The van der Waals surface area contributed by atoms with Gasteiger partial charge in [-0.05, 0) is 55.4 Å². The van der Waals surface area contributed by atoms with Crippen molar-refractivity contribution < 1.29 is 28.6 Å². The largest absolute Gasteiger partial charge is 0.468 e. The second kappa shape index (κ2) is 7.32. The number of benzene rings is 1. The van der Waals surface area contributed by atoms with Gasteiger partial charge in [-0.1, -0.05) is 0 Å². The SMILES string of the molecule is COC(=O)CN1C(=O)SC(=Cc2cc(C)n(-c3ccc4c(c3)OCO4)c2C)C1=O. The van der Waals surface area contributed by atoms with E-state index in [1.165, 1.54) is 7.11 Å². The smallest absolute Gasteiger partial charge is 0.325 e. The molecule has 0 radical (unpaired) electrons. The minimum atomic E-state index is -0.644. The van der Waals surface area contributed by atoms with E-state index in [0.717, 1.165) is 39.3 Å². The summed E-state index contributed by atoms with van der Waals surface area (Å²) in [5.74, 6) is 0.240. The van der Waals surface area contributed by atoms with Crippen LogP contribution in [-0.4, -0.2) is 47.0 Å². The number of esters is 1. The van der Waals surface area contributed by atoms with Crippen LogP contribution in [0.25, 0.3) is 11.8 Å². The lowest BCUT2D eigenvalue weighted by Crippen LogP contribution is -2.34. The normalized spacial score (nSPS) is 16.8. The quantitative estimate of drug-likeness (QED) is 0.561. The molecule has 1 aromatic heterocycles. The number of hydrogen-bond donors (Lipinski definition) is 0. The topological polar surface area (TPSA) is 87.1 Å². The van der Waals surface area contributed by atoms with Crippen molar-refractivity contribution in [3.63, 3.8) is 0 Å². The summed E-state index contributed by atoms with van der Waals surface area (Å²) in [6, 6.07) is 7.63. The number of nitrogens with zero attached hydrogens (tertiary/aromatic N) is 2. The summed E-state index contributed by atoms with van der Waals surface area (Å²) >= 11 is 0.810. The van der Waals surface area contributed by atoms with Crippen LogP contribution in [0.15, 0.2) is 29.2 Å². The Bertz CT molecular complexity index is 1070. The lowest BCUT2D eigenvalue weighted by atomic mass is 10.2.